The molecule has 2 saturated heterocycles. The van der Waals surface area contributed by atoms with E-state index in [0.29, 0.717) is 39.6 Å². The Balaban J connectivity index is 1.41. The topological polar surface area (TPSA) is 65.5 Å². The van der Waals surface area contributed by atoms with Crippen molar-refractivity contribution in [3.63, 3.8) is 0 Å². The molecular formula is C20H22Cl2N4O2S. The third-order valence-electron chi connectivity index (χ3n) is 5.39. The Morgan fingerprint density at radius 1 is 1.10 bits per heavy atom. The number of hydrogen-bond acceptors (Lipinski definition) is 5. The summed E-state index contributed by atoms with van der Waals surface area (Å²) in [6.07, 6.45) is 3.83. The second-order valence-electron chi connectivity index (χ2n) is 7.39. The fourth-order valence-corrected chi connectivity index (χ4v) is 4.91. The van der Waals surface area contributed by atoms with Gasteiger partial charge in [-0.05, 0) is 37.8 Å². The van der Waals surface area contributed by atoms with Crippen molar-refractivity contribution in [2.45, 2.75) is 25.7 Å². The number of aromatic nitrogens is 1. The van der Waals surface area contributed by atoms with Crippen LogP contribution >= 0.6 is 34.5 Å². The molecule has 29 heavy (non-hydrogen) atoms. The molecule has 154 valence electrons. The summed E-state index contributed by atoms with van der Waals surface area (Å²) in [5.41, 5.74) is 1.02. The number of piperidine rings is 1. The number of thiazole rings is 1. The van der Waals surface area contributed by atoms with Crippen LogP contribution in [0.1, 0.15) is 36.2 Å². The number of amides is 2. The Hall–Kier alpha value is -1.83. The lowest BCUT2D eigenvalue weighted by Crippen LogP contribution is -2.46. The van der Waals surface area contributed by atoms with E-state index in [9.17, 15) is 9.59 Å². The maximum Gasteiger partial charge on any atom is 0.273 e. The SMILES string of the molecule is O=C(c1csc(Nc2cccc(Cl)c2Cl)n1)N1CCCC(C(=O)N2CCCC2)C1. The molecule has 2 fully saturated rings. The van der Waals surface area contributed by atoms with Crippen LogP contribution in [0.5, 0.6) is 0 Å². The van der Waals surface area contributed by atoms with Crippen LogP contribution in [0.3, 0.4) is 0 Å². The van der Waals surface area contributed by atoms with Crippen LogP contribution in [0.25, 0.3) is 0 Å². The van der Waals surface area contributed by atoms with Gasteiger partial charge >= 0.3 is 0 Å². The maximum absolute atomic E-state index is 12.9. The number of carbonyl (C=O) groups excluding carboxylic acids is 2. The first kappa shape index (κ1) is 20.4. The summed E-state index contributed by atoms with van der Waals surface area (Å²) in [7, 11) is 0. The van der Waals surface area contributed by atoms with Crippen LogP contribution in [0.4, 0.5) is 10.8 Å². The lowest BCUT2D eigenvalue weighted by molar-refractivity contribution is -0.135. The molecule has 9 heteroatoms. The van der Waals surface area contributed by atoms with Gasteiger partial charge in [0.2, 0.25) is 5.91 Å². The maximum atomic E-state index is 12.9. The highest BCUT2D eigenvalue weighted by Gasteiger charge is 2.33. The lowest BCUT2D eigenvalue weighted by Gasteiger charge is -2.33. The highest BCUT2D eigenvalue weighted by molar-refractivity contribution is 7.14. The average Bonchev–Trinajstić information content (AvgIpc) is 3.43. The van der Waals surface area contributed by atoms with Gasteiger partial charge in [0.05, 0.1) is 21.7 Å². The largest absolute Gasteiger partial charge is 0.342 e. The first-order chi connectivity index (χ1) is 14.0. The molecule has 1 aromatic heterocycles. The molecule has 3 heterocycles. The van der Waals surface area contributed by atoms with Gasteiger partial charge in [0.15, 0.2) is 5.13 Å². The lowest BCUT2D eigenvalue weighted by atomic mass is 9.96. The molecule has 1 unspecified atom stereocenters. The van der Waals surface area contributed by atoms with E-state index in [0.717, 1.165) is 38.8 Å². The number of carbonyl (C=O) groups is 2. The molecule has 0 radical (unpaired) electrons. The summed E-state index contributed by atoms with van der Waals surface area (Å²) in [6.45, 7) is 2.81. The standard InChI is InChI=1S/C20H22Cl2N4O2S/c21-14-6-3-7-15(17(14)22)23-20-24-16(12-29-20)19(28)26-10-4-5-13(11-26)18(27)25-8-1-2-9-25/h3,6-7,12-13H,1-2,4-5,8-11H2,(H,23,24). The molecule has 0 bridgehead atoms. The molecule has 2 aliphatic rings. The van der Waals surface area contributed by atoms with Gasteiger partial charge in [-0.2, -0.15) is 0 Å². The number of anilines is 2. The minimum absolute atomic E-state index is 0.104. The minimum Gasteiger partial charge on any atom is -0.342 e. The number of nitrogens with zero attached hydrogens (tertiary/aromatic N) is 3. The van der Waals surface area contributed by atoms with Crippen molar-refractivity contribution < 1.29 is 9.59 Å². The highest BCUT2D eigenvalue weighted by Crippen LogP contribution is 2.33. The van der Waals surface area contributed by atoms with E-state index in [2.05, 4.69) is 10.3 Å². The predicted octanol–water partition coefficient (Wildman–Crippen LogP) is 4.67. The molecule has 2 amide bonds. The summed E-state index contributed by atoms with van der Waals surface area (Å²) in [5, 5.41) is 6.28. The molecule has 0 saturated carbocycles. The summed E-state index contributed by atoms with van der Waals surface area (Å²) in [6, 6.07) is 5.31. The smallest absolute Gasteiger partial charge is 0.273 e. The number of nitrogens with one attached hydrogen (secondary N) is 1. The van der Waals surface area contributed by atoms with Crippen LogP contribution < -0.4 is 5.32 Å². The van der Waals surface area contributed by atoms with Crippen molar-refractivity contribution >= 4 is 57.2 Å². The van der Waals surface area contributed by atoms with Gasteiger partial charge in [0, 0.05) is 31.6 Å². The zero-order chi connectivity index (χ0) is 20.4. The Kier molecular flexibility index (Phi) is 6.27. The quantitative estimate of drug-likeness (QED) is 0.731. The van der Waals surface area contributed by atoms with E-state index >= 15 is 0 Å². The zero-order valence-corrected chi connectivity index (χ0v) is 18.2. The molecule has 0 spiro atoms. The van der Waals surface area contributed by atoms with Crippen LogP contribution in [0.2, 0.25) is 10.0 Å². The number of rotatable bonds is 4. The van der Waals surface area contributed by atoms with E-state index in [4.69, 9.17) is 23.2 Å². The molecule has 0 aliphatic carbocycles. The monoisotopic (exact) mass is 452 g/mol. The molecule has 4 rings (SSSR count). The molecule has 1 atom stereocenters. The van der Waals surface area contributed by atoms with Crippen molar-refractivity contribution in [3.8, 4) is 0 Å². The van der Waals surface area contributed by atoms with Gasteiger partial charge in [-0.25, -0.2) is 4.98 Å². The van der Waals surface area contributed by atoms with Crippen LogP contribution in [-0.4, -0.2) is 52.8 Å². The second kappa shape index (κ2) is 8.90. The number of benzene rings is 1. The van der Waals surface area contributed by atoms with Gasteiger partial charge in [-0.3, -0.25) is 9.59 Å². The number of likely N-dealkylation sites (tertiary alicyclic amines) is 2. The molecule has 2 aromatic rings. The fourth-order valence-electron chi connectivity index (χ4n) is 3.87. The van der Waals surface area contributed by atoms with E-state index in [1.807, 2.05) is 4.90 Å². The van der Waals surface area contributed by atoms with Crippen molar-refractivity contribution in [3.05, 3.63) is 39.3 Å². The Labute approximate surface area is 183 Å². The Morgan fingerprint density at radius 2 is 1.86 bits per heavy atom. The van der Waals surface area contributed by atoms with Crippen LogP contribution in [0.15, 0.2) is 23.6 Å². The van der Waals surface area contributed by atoms with Gasteiger partial charge in [-0.1, -0.05) is 29.3 Å². The average molecular weight is 453 g/mol. The van der Waals surface area contributed by atoms with Gasteiger partial charge < -0.3 is 15.1 Å². The summed E-state index contributed by atoms with van der Waals surface area (Å²) >= 11 is 13.6. The van der Waals surface area contributed by atoms with Crippen LogP contribution in [0, 0.1) is 5.92 Å². The first-order valence-electron chi connectivity index (χ1n) is 9.77. The molecule has 6 nitrogen and oxygen atoms in total. The van der Waals surface area contributed by atoms with Gasteiger partial charge in [0.25, 0.3) is 5.91 Å². The third-order valence-corrected chi connectivity index (χ3v) is 6.97. The minimum atomic E-state index is -0.134. The van der Waals surface area contributed by atoms with Crippen LogP contribution in [-0.2, 0) is 4.79 Å². The molecule has 2 aliphatic heterocycles. The molecule has 1 N–H and O–H groups in total. The van der Waals surface area contributed by atoms with Gasteiger partial charge in [-0.15, -0.1) is 11.3 Å². The zero-order valence-electron chi connectivity index (χ0n) is 15.9. The Bertz CT molecular complexity index is 914. The number of hydrogen-bond donors (Lipinski definition) is 1. The summed E-state index contributed by atoms with van der Waals surface area (Å²) in [5.74, 6) is -0.0473. The van der Waals surface area contributed by atoms with Gasteiger partial charge in [0.1, 0.15) is 5.69 Å². The third kappa shape index (κ3) is 4.52. The van der Waals surface area contributed by atoms with E-state index < -0.39 is 0 Å². The van der Waals surface area contributed by atoms with E-state index in [-0.39, 0.29) is 17.7 Å². The number of halogens is 2. The predicted molar refractivity (Wildman–Crippen MR) is 116 cm³/mol. The molecule has 1 aromatic carbocycles. The van der Waals surface area contributed by atoms with Crippen molar-refractivity contribution in [2.75, 3.05) is 31.5 Å². The normalized spacial score (nSPS) is 19.4. The molecular weight excluding hydrogens is 431 g/mol. The van der Waals surface area contributed by atoms with E-state index in [1.165, 1.54) is 11.3 Å². The Morgan fingerprint density at radius 3 is 2.66 bits per heavy atom. The van der Waals surface area contributed by atoms with Crippen molar-refractivity contribution in [2.24, 2.45) is 5.92 Å². The second-order valence-corrected chi connectivity index (χ2v) is 9.03. The van der Waals surface area contributed by atoms with E-state index in [1.54, 1.807) is 28.5 Å². The van der Waals surface area contributed by atoms with Crippen molar-refractivity contribution in [1.29, 1.82) is 0 Å². The van der Waals surface area contributed by atoms with Crippen molar-refractivity contribution in [1.82, 2.24) is 14.8 Å². The summed E-state index contributed by atoms with van der Waals surface area (Å²) < 4.78 is 0. The first-order valence-corrected chi connectivity index (χ1v) is 11.4. The highest BCUT2D eigenvalue weighted by atomic mass is 35.5. The fraction of sp³-hybridized carbons (Fsp3) is 0.450. The summed E-state index contributed by atoms with van der Waals surface area (Å²) in [4.78, 5) is 33.8.